The summed E-state index contributed by atoms with van der Waals surface area (Å²) in [5.74, 6) is 0.745. The summed E-state index contributed by atoms with van der Waals surface area (Å²) < 4.78 is 0. The van der Waals surface area contributed by atoms with Gasteiger partial charge in [0.15, 0.2) is 5.84 Å². The molecule has 0 saturated heterocycles. The van der Waals surface area contributed by atoms with Crippen LogP contribution >= 0.6 is 0 Å². The predicted molar refractivity (Wildman–Crippen MR) is 54.7 cm³/mol. The minimum Gasteiger partial charge on any atom is -0.507 e. The maximum Gasteiger partial charge on any atom is 0.157 e. The van der Waals surface area contributed by atoms with Crippen molar-refractivity contribution in [1.82, 2.24) is 0 Å². The fraction of sp³-hybridized carbons (Fsp3) is 0.200. The first-order valence-corrected chi connectivity index (χ1v) is 4.03. The molecule has 1 aromatic carbocycles. The summed E-state index contributed by atoms with van der Waals surface area (Å²) >= 11 is 0. The minimum absolute atomic E-state index is 0.203. The van der Waals surface area contributed by atoms with Crippen LogP contribution in [0.15, 0.2) is 34.3 Å². The van der Waals surface area contributed by atoms with Crippen molar-refractivity contribution < 1.29 is 5.11 Å². The van der Waals surface area contributed by atoms with Crippen LogP contribution in [0.2, 0.25) is 0 Å². The zero-order valence-electron chi connectivity index (χ0n) is 7.73. The topological polar surface area (TPSA) is 45.0 Å². The number of para-hydroxylation sites is 1. The van der Waals surface area contributed by atoms with E-state index in [2.05, 4.69) is 9.98 Å². The van der Waals surface area contributed by atoms with Crippen molar-refractivity contribution in [3.8, 4) is 5.75 Å². The van der Waals surface area contributed by atoms with E-state index in [0.717, 1.165) is 0 Å². The van der Waals surface area contributed by atoms with Crippen LogP contribution in [0.25, 0.3) is 0 Å². The first-order chi connectivity index (χ1) is 6.29. The molecule has 68 valence electrons. The van der Waals surface area contributed by atoms with E-state index in [1.165, 1.54) is 0 Å². The highest BCUT2D eigenvalue weighted by molar-refractivity contribution is 6.04. The summed E-state index contributed by atoms with van der Waals surface area (Å²) in [5.41, 5.74) is 0.656. The fourth-order valence-electron chi connectivity index (χ4n) is 1.03. The van der Waals surface area contributed by atoms with Crippen LogP contribution in [0.5, 0.6) is 5.75 Å². The average molecular weight is 176 g/mol. The van der Waals surface area contributed by atoms with E-state index in [1.807, 2.05) is 13.0 Å². The highest BCUT2D eigenvalue weighted by atomic mass is 16.3. The number of nitrogens with zero attached hydrogens (tertiary/aromatic N) is 2. The number of phenolic OH excluding ortho intramolecular Hbond substituents is 1. The number of phenols is 1. The van der Waals surface area contributed by atoms with Crippen LogP contribution in [-0.2, 0) is 0 Å². The Morgan fingerprint density at radius 1 is 1.38 bits per heavy atom. The summed E-state index contributed by atoms with van der Waals surface area (Å²) in [6.45, 7) is 1.81. The van der Waals surface area contributed by atoms with Gasteiger partial charge in [-0.25, -0.2) is 4.99 Å². The predicted octanol–water partition coefficient (Wildman–Crippen LogP) is 1.86. The fourth-order valence-corrected chi connectivity index (χ4v) is 1.03. The molecule has 0 spiro atoms. The lowest BCUT2D eigenvalue weighted by Crippen LogP contribution is -1.97. The molecule has 0 aromatic heterocycles. The number of hydrogen-bond acceptors (Lipinski definition) is 2. The third-order valence-electron chi connectivity index (χ3n) is 1.61. The van der Waals surface area contributed by atoms with Crippen molar-refractivity contribution in [1.29, 1.82) is 0 Å². The number of hydrogen-bond donors (Lipinski definition) is 1. The third-order valence-corrected chi connectivity index (χ3v) is 1.61. The van der Waals surface area contributed by atoms with Crippen molar-refractivity contribution in [2.75, 3.05) is 7.05 Å². The first-order valence-electron chi connectivity index (χ1n) is 4.03. The smallest absolute Gasteiger partial charge is 0.157 e. The van der Waals surface area contributed by atoms with Gasteiger partial charge in [-0.2, -0.15) is 0 Å². The van der Waals surface area contributed by atoms with Gasteiger partial charge in [-0.1, -0.05) is 12.1 Å². The Labute approximate surface area is 77.5 Å². The zero-order chi connectivity index (χ0) is 9.68. The molecule has 1 N–H and O–H groups in total. The Morgan fingerprint density at radius 2 is 2.08 bits per heavy atom. The zero-order valence-corrected chi connectivity index (χ0v) is 7.73. The summed E-state index contributed by atoms with van der Waals surface area (Å²) in [5, 5.41) is 9.48. The molecule has 0 saturated carbocycles. The van der Waals surface area contributed by atoms with Gasteiger partial charge in [-0.3, -0.25) is 4.99 Å². The van der Waals surface area contributed by atoms with Crippen molar-refractivity contribution >= 4 is 12.1 Å². The second-order valence-corrected chi connectivity index (χ2v) is 2.45. The van der Waals surface area contributed by atoms with E-state index in [4.69, 9.17) is 0 Å². The maximum absolute atomic E-state index is 9.48. The Kier molecular flexibility index (Phi) is 3.20. The molecule has 0 heterocycles. The molecule has 0 bridgehead atoms. The van der Waals surface area contributed by atoms with Crippen LogP contribution in [0.3, 0.4) is 0 Å². The van der Waals surface area contributed by atoms with Crippen molar-refractivity contribution in [2.45, 2.75) is 6.92 Å². The largest absolute Gasteiger partial charge is 0.507 e. The van der Waals surface area contributed by atoms with Crippen LogP contribution in [-0.4, -0.2) is 24.2 Å². The molecule has 3 nitrogen and oxygen atoms in total. The van der Waals surface area contributed by atoms with Gasteiger partial charge < -0.3 is 5.11 Å². The Morgan fingerprint density at radius 3 is 2.62 bits per heavy atom. The molecular formula is C10H12N2O. The molecule has 1 aromatic rings. The summed E-state index contributed by atoms with van der Waals surface area (Å²) in [6, 6.07) is 7.00. The van der Waals surface area contributed by atoms with Gasteiger partial charge in [0.2, 0.25) is 0 Å². The number of amidine groups is 1. The van der Waals surface area contributed by atoms with Gasteiger partial charge in [-0.15, -0.1) is 0 Å². The second kappa shape index (κ2) is 4.40. The number of rotatable bonds is 1. The molecule has 0 unspecified atom stereocenters. The molecule has 0 radical (unpaired) electrons. The molecule has 0 aliphatic rings. The lowest BCUT2D eigenvalue weighted by Gasteiger charge is -2.01. The number of aromatic hydroxyl groups is 1. The van der Waals surface area contributed by atoms with E-state index < -0.39 is 0 Å². The monoisotopic (exact) mass is 176 g/mol. The minimum atomic E-state index is 0.203. The molecule has 0 atom stereocenters. The highest BCUT2D eigenvalue weighted by Gasteiger charge is 2.04. The van der Waals surface area contributed by atoms with Crippen LogP contribution in [0, 0.1) is 0 Å². The lowest BCUT2D eigenvalue weighted by atomic mass is 10.2. The molecular weight excluding hydrogens is 164 g/mol. The molecule has 0 amide bonds. The van der Waals surface area contributed by atoms with E-state index >= 15 is 0 Å². The van der Waals surface area contributed by atoms with Crippen molar-refractivity contribution in [3.05, 3.63) is 29.8 Å². The maximum atomic E-state index is 9.48. The van der Waals surface area contributed by atoms with Crippen molar-refractivity contribution in [3.63, 3.8) is 0 Å². The quantitative estimate of drug-likeness (QED) is 0.515. The Balaban J connectivity index is 3.13. The normalized spacial score (nSPS) is 12.3. The number of aliphatic imine (C=N–C) groups is 2. The number of benzene rings is 1. The molecule has 0 fully saturated rings. The highest BCUT2D eigenvalue weighted by Crippen LogP contribution is 2.16. The molecule has 0 aliphatic carbocycles. The summed E-state index contributed by atoms with van der Waals surface area (Å²) in [7, 11) is 1.65. The van der Waals surface area contributed by atoms with Gasteiger partial charge in [0.25, 0.3) is 0 Å². The van der Waals surface area contributed by atoms with Crippen LogP contribution in [0.4, 0.5) is 0 Å². The van der Waals surface area contributed by atoms with E-state index in [9.17, 15) is 5.11 Å². The Hall–Kier alpha value is -1.64. The van der Waals surface area contributed by atoms with E-state index in [-0.39, 0.29) is 5.75 Å². The van der Waals surface area contributed by atoms with Crippen LogP contribution < -0.4 is 0 Å². The first kappa shape index (κ1) is 9.45. The third kappa shape index (κ3) is 2.15. The average Bonchev–Trinajstić information content (AvgIpc) is 2.16. The SMILES string of the molecule is C/C=N\C(=N/C)c1ccccc1O. The molecule has 13 heavy (non-hydrogen) atoms. The van der Waals surface area contributed by atoms with Gasteiger partial charge in [0.05, 0.1) is 5.56 Å². The standard InChI is InChI=1S/C10H12N2O/c1-3-12-10(11-2)8-6-4-5-7-9(8)13/h3-7,13H,1-2H3/b11-10-,12-3-. The molecule has 3 heteroatoms. The van der Waals surface area contributed by atoms with Gasteiger partial charge >= 0.3 is 0 Å². The second-order valence-electron chi connectivity index (χ2n) is 2.45. The van der Waals surface area contributed by atoms with Gasteiger partial charge in [0, 0.05) is 13.3 Å². The summed E-state index contributed by atoms with van der Waals surface area (Å²) in [6.07, 6.45) is 1.65. The van der Waals surface area contributed by atoms with Crippen LogP contribution in [0.1, 0.15) is 12.5 Å². The molecule has 1 rings (SSSR count). The Bertz CT molecular complexity index is 343. The molecule has 0 aliphatic heterocycles. The van der Waals surface area contributed by atoms with Gasteiger partial charge in [-0.05, 0) is 19.1 Å². The van der Waals surface area contributed by atoms with E-state index in [1.54, 1.807) is 31.5 Å². The summed E-state index contributed by atoms with van der Waals surface area (Å²) in [4.78, 5) is 8.01. The van der Waals surface area contributed by atoms with E-state index in [0.29, 0.717) is 11.4 Å². The van der Waals surface area contributed by atoms with Gasteiger partial charge in [0.1, 0.15) is 5.75 Å². The van der Waals surface area contributed by atoms with Crippen molar-refractivity contribution in [2.24, 2.45) is 9.98 Å². The lowest BCUT2D eigenvalue weighted by molar-refractivity contribution is 0.474.